The second-order valence-corrected chi connectivity index (χ2v) is 5.84. The second kappa shape index (κ2) is 9.97. The van der Waals surface area contributed by atoms with Crippen LogP contribution in [0.4, 0.5) is 0 Å². The molecule has 0 aliphatic heterocycles. The Labute approximate surface area is 137 Å². The first-order chi connectivity index (χ1) is 11.0. The first-order valence-electron chi connectivity index (χ1n) is 7.84. The summed E-state index contributed by atoms with van der Waals surface area (Å²) in [6.45, 7) is 5.31. The van der Waals surface area contributed by atoms with Crippen LogP contribution in [-0.4, -0.2) is 38.1 Å². The number of hydrogen-bond acceptors (Lipinski definition) is 4. The van der Waals surface area contributed by atoms with Crippen molar-refractivity contribution >= 4 is 11.8 Å². The van der Waals surface area contributed by atoms with Gasteiger partial charge >= 0.3 is 0 Å². The predicted molar refractivity (Wildman–Crippen MR) is 89.9 cm³/mol. The van der Waals surface area contributed by atoms with Crippen LogP contribution in [0.2, 0.25) is 0 Å². The molecule has 6 nitrogen and oxygen atoms in total. The molecule has 0 aliphatic rings. The summed E-state index contributed by atoms with van der Waals surface area (Å²) in [5.41, 5.74) is 7.02. The Hall–Kier alpha value is -1.92. The van der Waals surface area contributed by atoms with E-state index in [-0.39, 0.29) is 17.7 Å². The lowest BCUT2D eigenvalue weighted by molar-refractivity contribution is -0.123. The lowest BCUT2D eigenvalue weighted by Gasteiger charge is -2.20. The average Bonchev–Trinajstić information content (AvgIpc) is 2.54. The number of methoxy groups -OCH3 is 1. The third kappa shape index (κ3) is 6.80. The largest absolute Gasteiger partial charge is 0.383 e. The highest BCUT2D eigenvalue weighted by atomic mass is 16.5. The summed E-state index contributed by atoms with van der Waals surface area (Å²) in [7, 11) is 1.57. The van der Waals surface area contributed by atoms with E-state index in [2.05, 4.69) is 10.6 Å². The minimum atomic E-state index is -0.562. The fourth-order valence-electron chi connectivity index (χ4n) is 2.14. The summed E-state index contributed by atoms with van der Waals surface area (Å²) in [5, 5.41) is 5.57. The molecule has 0 fully saturated rings. The van der Waals surface area contributed by atoms with Crippen LogP contribution in [-0.2, 0) is 16.1 Å². The summed E-state index contributed by atoms with van der Waals surface area (Å²) < 4.78 is 4.91. The van der Waals surface area contributed by atoms with Gasteiger partial charge in [-0.15, -0.1) is 0 Å². The van der Waals surface area contributed by atoms with Crippen molar-refractivity contribution in [3.63, 3.8) is 0 Å². The molecular formula is C17H27N3O3. The summed E-state index contributed by atoms with van der Waals surface area (Å²) in [5.74, 6) is -0.170. The Bertz CT molecular complexity index is 500. The highest BCUT2D eigenvalue weighted by molar-refractivity contribution is 5.97. The molecule has 2 amide bonds. The number of nitrogens with one attached hydrogen (secondary N) is 2. The molecule has 0 unspecified atom stereocenters. The van der Waals surface area contributed by atoms with Gasteiger partial charge in [0.15, 0.2) is 0 Å². The van der Waals surface area contributed by atoms with Crippen LogP contribution < -0.4 is 16.4 Å². The van der Waals surface area contributed by atoms with Crippen molar-refractivity contribution in [1.29, 1.82) is 0 Å². The summed E-state index contributed by atoms with van der Waals surface area (Å²) in [6.07, 6.45) is 0.575. The van der Waals surface area contributed by atoms with Gasteiger partial charge in [-0.05, 0) is 30.0 Å². The summed E-state index contributed by atoms with van der Waals surface area (Å²) >= 11 is 0. The van der Waals surface area contributed by atoms with Crippen LogP contribution in [0, 0.1) is 5.92 Å². The number of rotatable bonds is 9. The monoisotopic (exact) mass is 321 g/mol. The van der Waals surface area contributed by atoms with Crippen molar-refractivity contribution in [2.45, 2.75) is 32.9 Å². The van der Waals surface area contributed by atoms with Crippen molar-refractivity contribution in [3.05, 3.63) is 35.4 Å². The number of benzene rings is 1. The Morgan fingerprint density at radius 2 is 1.87 bits per heavy atom. The maximum absolute atomic E-state index is 12.3. The van der Waals surface area contributed by atoms with E-state index in [0.29, 0.717) is 31.7 Å². The van der Waals surface area contributed by atoms with Crippen LogP contribution in [0.5, 0.6) is 0 Å². The molecule has 0 bridgehead atoms. The van der Waals surface area contributed by atoms with Gasteiger partial charge < -0.3 is 21.1 Å². The van der Waals surface area contributed by atoms with E-state index in [9.17, 15) is 9.59 Å². The van der Waals surface area contributed by atoms with E-state index in [1.54, 1.807) is 19.2 Å². The Morgan fingerprint density at radius 3 is 2.39 bits per heavy atom. The number of carbonyl (C=O) groups excluding carboxylic acids is 2. The number of nitrogens with two attached hydrogens (primary N) is 1. The van der Waals surface area contributed by atoms with Crippen LogP contribution in [0.15, 0.2) is 24.3 Å². The van der Waals surface area contributed by atoms with E-state index in [4.69, 9.17) is 10.5 Å². The zero-order valence-electron chi connectivity index (χ0n) is 14.1. The SMILES string of the molecule is COCCNC(=O)[C@H](CC(C)C)NC(=O)c1ccc(CN)cc1. The topological polar surface area (TPSA) is 93.5 Å². The van der Waals surface area contributed by atoms with Gasteiger partial charge in [0.1, 0.15) is 6.04 Å². The molecule has 128 valence electrons. The van der Waals surface area contributed by atoms with Gasteiger partial charge in [-0.2, -0.15) is 0 Å². The molecule has 1 aromatic rings. The molecule has 6 heteroatoms. The van der Waals surface area contributed by atoms with Crippen molar-refractivity contribution in [1.82, 2.24) is 10.6 Å². The van der Waals surface area contributed by atoms with Crippen molar-refractivity contribution in [2.24, 2.45) is 11.7 Å². The van der Waals surface area contributed by atoms with Crippen LogP contribution in [0.1, 0.15) is 36.2 Å². The van der Waals surface area contributed by atoms with Crippen LogP contribution >= 0.6 is 0 Å². The Morgan fingerprint density at radius 1 is 1.22 bits per heavy atom. The van der Waals surface area contributed by atoms with Crippen LogP contribution in [0.3, 0.4) is 0 Å². The fraction of sp³-hybridized carbons (Fsp3) is 0.529. The molecule has 23 heavy (non-hydrogen) atoms. The molecule has 0 heterocycles. The van der Waals surface area contributed by atoms with Crippen LogP contribution in [0.25, 0.3) is 0 Å². The van der Waals surface area contributed by atoms with Gasteiger partial charge in [-0.1, -0.05) is 26.0 Å². The molecular weight excluding hydrogens is 294 g/mol. The molecule has 0 spiro atoms. The first kappa shape index (κ1) is 19.1. The van der Waals surface area contributed by atoms with E-state index in [1.165, 1.54) is 0 Å². The van der Waals surface area contributed by atoms with E-state index in [0.717, 1.165) is 5.56 Å². The summed E-state index contributed by atoms with van der Waals surface area (Å²) in [4.78, 5) is 24.5. The van der Waals surface area contributed by atoms with Gasteiger partial charge in [0.25, 0.3) is 5.91 Å². The number of carbonyl (C=O) groups is 2. The Balaban J connectivity index is 2.70. The van der Waals surface area contributed by atoms with Gasteiger partial charge in [0.2, 0.25) is 5.91 Å². The standard InChI is InChI=1S/C17H27N3O3/c1-12(2)10-15(17(22)19-8-9-23-3)20-16(21)14-6-4-13(11-18)5-7-14/h4-7,12,15H,8-11,18H2,1-3H3,(H,19,22)(H,20,21)/t15-/m0/s1. The maximum Gasteiger partial charge on any atom is 0.251 e. The van der Waals surface area contributed by atoms with Gasteiger partial charge in [-0.3, -0.25) is 9.59 Å². The normalized spacial score (nSPS) is 12.0. The van der Waals surface area contributed by atoms with Gasteiger partial charge in [0.05, 0.1) is 6.61 Å². The zero-order chi connectivity index (χ0) is 17.2. The first-order valence-corrected chi connectivity index (χ1v) is 7.84. The molecule has 4 N–H and O–H groups in total. The molecule has 0 saturated heterocycles. The molecule has 0 radical (unpaired) electrons. The second-order valence-electron chi connectivity index (χ2n) is 5.84. The quantitative estimate of drug-likeness (QED) is 0.593. The molecule has 1 atom stereocenters. The van der Waals surface area contributed by atoms with E-state index < -0.39 is 6.04 Å². The lowest BCUT2D eigenvalue weighted by atomic mass is 10.0. The molecule has 0 aromatic heterocycles. The lowest BCUT2D eigenvalue weighted by Crippen LogP contribution is -2.48. The van der Waals surface area contributed by atoms with Gasteiger partial charge in [-0.25, -0.2) is 0 Å². The summed E-state index contributed by atoms with van der Waals surface area (Å²) in [6, 6.07) is 6.49. The third-order valence-corrected chi connectivity index (χ3v) is 3.39. The average molecular weight is 321 g/mol. The van der Waals surface area contributed by atoms with Crippen molar-refractivity contribution < 1.29 is 14.3 Å². The smallest absolute Gasteiger partial charge is 0.251 e. The maximum atomic E-state index is 12.3. The molecule has 0 saturated carbocycles. The third-order valence-electron chi connectivity index (χ3n) is 3.39. The minimum absolute atomic E-state index is 0.192. The minimum Gasteiger partial charge on any atom is -0.383 e. The fourth-order valence-corrected chi connectivity index (χ4v) is 2.14. The number of ether oxygens (including phenoxy) is 1. The highest BCUT2D eigenvalue weighted by Crippen LogP contribution is 2.08. The highest BCUT2D eigenvalue weighted by Gasteiger charge is 2.22. The van der Waals surface area contributed by atoms with Gasteiger partial charge in [0, 0.05) is 25.8 Å². The number of hydrogen-bond donors (Lipinski definition) is 3. The molecule has 1 rings (SSSR count). The van der Waals surface area contributed by atoms with E-state index >= 15 is 0 Å². The Kier molecular flexibility index (Phi) is 8.29. The molecule has 0 aliphatic carbocycles. The molecule has 1 aromatic carbocycles. The number of amides is 2. The predicted octanol–water partition coefficient (Wildman–Crippen LogP) is 1.05. The van der Waals surface area contributed by atoms with Crippen molar-refractivity contribution in [3.8, 4) is 0 Å². The van der Waals surface area contributed by atoms with Crippen molar-refractivity contribution in [2.75, 3.05) is 20.3 Å². The van der Waals surface area contributed by atoms with E-state index in [1.807, 2.05) is 26.0 Å². The zero-order valence-corrected chi connectivity index (χ0v) is 14.1.